The van der Waals surface area contributed by atoms with Gasteiger partial charge in [0.25, 0.3) is 0 Å². The monoisotopic (exact) mass is 581 g/mol. The maximum absolute atomic E-state index is 12.7. The number of nitrogens with two attached hydrogens (primary N) is 2. The molecule has 3 aromatic carbocycles. The van der Waals surface area contributed by atoms with Crippen LogP contribution in [0.4, 0.5) is 11.4 Å². The van der Waals surface area contributed by atoms with Crippen LogP contribution < -0.4 is 21.3 Å². The second kappa shape index (κ2) is 11.9. The van der Waals surface area contributed by atoms with E-state index in [1.54, 1.807) is 20.9 Å². The van der Waals surface area contributed by atoms with Crippen LogP contribution >= 0.6 is 0 Å². The zero-order chi connectivity index (χ0) is 31.1. The van der Waals surface area contributed by atoms with Gasteiger partial charge in [0.1, 0.15) is 11.9 Å². The van der Waals surface area contributed by atoms with Crippen molar-refractivity contribution in [3.8, 4) is 5.75 Å². The van der Waals surface area contributed by atoms with Crippen LogP contribution in [0.2, 0.25) is 0 Å². The smallest absolute Gasteiger partial charge is 0.310 e. The van der Waals surface area contributed by atoms with E-state index in [1.165, 1.54) is 5.01 Å². The third kappa shape index (κ3) is 5.90. The van der Waals surface area contributed by atoms with E-state index in [-0.39, 0.29) is 6.10 Å². The van der Waals surface area contributed by atoms with E-state index in [4.69, 9.17) is 16.3 Å². The number of aliphatic carboxylic acids is 1. The first-order chi connectivity index (χ1) is 20.4. The average molecular weight is 582 g/mol. The summed E-state index contributed by atoms with van der Waals surface area (Å²) < 4.78 is 6.50. The number of nitrogen functional groups attached to an aromatic ring is 1. The molecular weight excluding hydrogens is 538 g/mol. The first-order valence-electron chi connectivity index (χ1n) is 14.9. The zero-order valence-electron chi connectivity index (χ0n) is 26.0. The van der Waals surface area contributed by atoms with Crippen molar-refractivity contribution < 1.29 is 14.6 Å². The van der Waals surface area contributed by atoms with Crippen molar-refractivity contribution in [1.29, 1.82) is 0 Å². The molecule has 8 nitrogen and oxygen atoms in total. The quantitative estimate of drug-likeness (QED) is 0.129. The van der Waals surface area contributed by atoms with Gasteiger partial charge in [0.05, 0.1) is 22.3 Å². The molecule has 2 atom stereocenters. The molecule has 0 saturated heterocycles. The Labute approximate surface area is 254 Å². The van der Waals surface area contributed by atoms with Crippen molar-refractivity contribution in [3.63, 3.8) is 0 Å². The van der Waals surface area contributed by atoms with Gasteiger partial charge in [0.15, 0.2) is 0 Å². The van der Waals surface area contributed by atoms with Crippen molar-refractivity contribution in [2.75, 3.05) is 24.3 Å². The maximum atomic E-state index is 12.7. The SMILES string of the molecule is CCC1CN(Cc2cc(C(c3ccc(N(C)N)c(N)c3C)C(C)(C)C(=O)O)ccc2C)Cc2cc3ncccc3cc2O1. The van der Waals surface area contributed by atoms with Crippen LogP contribution in [0, 0.1) is 19.3 Å². The number of carboxylic acid groups (broad SMARTS) is 1. The molecule has 0 radical (unpaired) electrons. The summed E-state index contributed by atoms with van der Waals surface area (Å²) in [5, 5.41) is 12.9. The molecule has 5 N–H and O–H groups in total. The number of hydrazine groups is 1. The topological polar surface area (TPSA) is 118 Å². The Morgan fingerprint density at radius 2 is 1.95 bits per heavy atom. The van der Waals surface area contributed by atoms with E-state index >= 15 is 0 Å². The standard InChI is InChI=1S/C35H43N5O3/c1-7-27-20-40(19-26-16-29-23(9-8-14-38-29)17-31(26)43-27)18-25-15-24(11-10-21(25)2)32(35(4,5)34(41)42)28-12-13-30(39(6)37)33(36)22(28)3/h8-17,27,32H,7,18-20,36-37H2,1-6H3,(H,41,42). The third-order valence-electron chi connectivity index (χ3n) is 8.99. The summed E-state index contributed by atoms with van der Waals surface area (Å²) >= 11 is 0. The zero-order valence-corrected chi connectivity index (χ0v) is 26.0. The van der Waals surface area contributed by atoms with Gasteiger partial charge in [0, 0.05) is 49.7 Å². The van der Waals surface area contributed by atoms with E-state index < -0.39 is 17.3 Å². The van der Waals surface area contributed by atoms with Crippen molar-refractivity contribution in [2.24, 2.45) is 11.3 Å². The minimum atomic E-state index is -1.10. The summed E-state index contributed by atoms with van der Waals surface area (Å²) in [4.78, 5) is 19.7. The predicted molar refractivity (Wildman–Crippen MR) is 173 cm³/mol. The van der Waals surface area contributed by atoms with Gasteiger partial charge >= 0.3 is 5.97 Å². The molecule has 43 heavy (non-hydrogen) atoms. The van der Waals surface area contributed by atoms with Crippen LogP contribution in [-0.4, -0.2) is 40.7 Å². The highest BCUT2D eigenvalue weighted by molar-refractivity contribution is 5.81. The van der Waals surface area contributed by atoms with Crippen LogP contribution in [0.5, 0.6) is 5.75 Å². The molecule has 0 saturated carbocycles. The normalized spacial score (nSPS) is 16.3. The van der Waals surface area contributed by atoms with Crippen molar-refractivity contribution >= 4 is 28.2 Å². The summed E-state index contributed by atoms with van der Waals surface area (Å²) in [5.41, 5.74) is 13.7. The number of ether oxygens (including phenoxy) is 1. The van der Waals surface area contributed by atoms with Crippen LogP contribution in [0.3, 0.4) is 0 Å². The number of fused-ring (bicyclic) bond motifs is 2. The fraction of sp³-hybridized carbons (Fsp3) is 0.371. The number of rotatable bonds is 8. The van der Waals surface area contributed by atoms with Gasteiger partial charge in [-0.15, -0.1) is 0 Å². The number of carbonyl (C=O) groups is 1. The van der Waals surface area contributed by atoms with Crippen LogP contribution in [-0.2, 0) is 17.9 Å². The van der Waals surface area contributed by atoms with Crippen LogP contribution in [0.15, 0.2) is 60.8 Å². The molecule has 1 aliphatic rings. The van der Waals surface area contributed by atoms with Gasteiger partial charge in [-0.3, -0.25) is 14.7 Å². The molecule has 1 aliphatic heterocycles. The highest BCUT2D eigenvalue weighted by Crippen LogP contribution is 2.45. The molecule has 8 heteroatoms. The minimum absolute atomic E-state index is 0.0577. The van der Waals surface area contributed by atoms with Gasteiger partial charge in [0.2, 0.25) is 0 Å². The highest BCUT2D eigenvalue weighted by atomic mass is 16.5. The Hall–Kier alpha value is -4.14. The molecule has 0 aliphatic carbocycles. The van der Waals surface area contributed by atoms with Gasteiger partial charge in [-0.05, 0) is 86.2 Å². The third-order valence-corrected chi connectivity index (χ3v) is 8.99. The van der Waals surface area contributed by atoms with Crippen molar-refractivity contribution in [1.82, 2.24) is 9.88 Å². The maximum Gasteiger partial charge on any atom is 0.310 e. The van der Waals surface area contributed by atoms with Gasteiger partial charge in [-0.1, -0.05) is 37.3 Å². The molecule has 226 valence electrons. The molecule has 5 rings (SSSR count). The fourth-order valence-electron chi connectivity index (χ4n) is 6.26. The number of nitrogens with zero attached hydrogens (tertiary/aromatic N) is 3. The number of pyridine rings is 1. The molecule has 0 bridgehead atoms. The minimum Gasteiger partial charge on any atom is -0.489 e. The number of aromatic nitrogens is 1. The summed E-state index contributed by atoms with van der Waals surface area (Å²) in [6.07, 6.45) is 2.77. The van der Waals surface area contributed by atoms with E-state index in [0.717, 1.165) is 69.5 Å². The van der Waals surface area contributed by atoms with Crippen LogP contribution in [0.25, 0.3) is 10.9 Å². The van der Waals surface area contributed by atoms with E-state index in [2.05, 4.69) is 60.1 Å². The van der Waals surface area contributed by atoms with Crippen molar-refractivity contribution in [2.45, 2.75) is 66.2 Å². The molecule has 0 spiro atoms. The Morgan fingerprint density at radius 1 is 1.19 bits per heavy atom. The van der Waals surface area contributed by atoms with E-state index in [9.17, 15) is 9.90 Å². The fourth-order valence-corrected chi connectivity index (χ4v) is 6.26. The summed E-state index contributed by atoms with van der Waals surface area (Å²) in [7, 11) is 1.74. The highest BCUT2D eigenvalue weighted by Gasteiger charge is 2.40. The van der Waals surface area contributed by atoms with E-state index in [0.29, 0.717) is 17.9 Å². The Balaban J connectivity index is 1.55. The lowest BCUT2D eigenvalue weighted by molar-refractivity contribution is -0.147. The van der Waals surface area contributed by atoms with Gasteiger partial charge in [-0.2, -0.15) is 0 Å². The molecule has 1 aromatic heterocycles. The second-order valence-corrected chi connectivity index (χ2v) is 12.4. The first kappa shape index (κ1) is 30.3. The number of carboxylic acids is 1. The Morgan fingerprint density at radius 3 is 2.65 bits per heavy atom. The molecule has 2 unspecified atom stereocenters. The summed E-state index contributed by atoms with van der Waals surface area (Å²) in [6, 6.07) is 18.4. The molecule has 4 aromatic rings. The predicted octanol–water partition coefficient (Wildman–Crippen LogP) is 6.16. The first-order valence-corrected chi connectivity index (χ1v) is 14.9. The molecular formula is C35H43N5O3. The number of hydrogen-bond donors (Lipinski definition) is 3. The number of benzene rings is 3. The lowest BCUT2D eigenvalue weighted by Gasteiger charge is -2.34. The van der Waals surface area contributed by atoms with E-state index in [1.807, 2.05) is 31.3 Å². The Kier molecular flexibility index (Phi) is 8.36. The Bertz CT molecular complexity index is 1670. The summed E-state index contributed by atoms with van der Waals surface area (Å²) in [5.74, 6) is 5.63. The molecule has 0 amide bonds. The number of aryl methyl sites for hydroxylation is 1. The lowest BCUT2D eigenvalue weighted by atomic mass is 9.69. The summed E-state index contributed by atoms with van der Waals surface area (Å²) in [6.45, 7) is 12.0. The van der Waals surface area contributed by atoms with Crippen LogP contribution in [0.1, 0.15) is 66.5 Å². The van der Waals surface area contributed by atoms with Gasteiger partial charge in [-0.25, -0.2) is 5.84 Å². The van der Waals surface area contributed by atoms with Crippen molar-refractivity contribution in [3.05, 3.63) is 94.2 Å². The second-order valence-electron chi connectivity index (χ2n) is 12.4. The lowest BCUT2D eigenvalue weighted by Crippen LogP contribution is -2.34. The number of anilines is 2. The number of hydrogen-bond acceptors (Lipinski definition) is 7. The largest absolute Gasteiger partial charge is 0.489 e. The molecule has 2 heterocycles. The molecule has 0 fully saturated rings. The average Bonchev–Trinajstić information content (AvgIpc) is 3.13. The van der Waals surface area contributed by atoms with Gasteiger partial charge < -0.3 is 20.6 Å².